The van der Waals surface area contributed by atoms with Gasteiger partial charge >= 0.3 is 0 Å². The SMILES string of the molecule is CCc1cc(CCNN)n(CC)n1. The van der Waals surface area contributed by atoms with Gasteiger partial charge in [0.15, 0.2) is 0 Å². The number of hydrazine groups is 1. The highest BCUT2D eigenvalue weighted by atomic mass is 15.3. The summed E-state index contributed by atoms with van der Waals surface area (Å²) in [4.78, 5) is 0. The smallest absolute Gasteiger partial charge is 0.0624 e. The molecule has 3 N–H and O–H groups in total. The summed E-state index contributed by atoms with van der Waals surface area (Å²) >= 11 is 0. The number of hydrogen-bond acceptors (Lipinski definition) is 3. The van der Waals surface area contributed by atoms with Crippen LogP contribution in [-0.2, 0) is 19.4 Å². The van der Waals surface area contributed by atoms with Crippen LogP contribution in [0.3, 0.4) is 0 Å². The van der Waals surface area contributed by atoms with E-state index in [1.807, 2.05) is 4.68 Å². The molecule has 0 spiro atoms. The Labute approximate surface area is 79.1 Å². The third-order valence-corrected chi connectivity index (χ3v) is 2.10. The Morgan fingerprint density at radius 2 is 2.31 bits per heavy atom. The van der Waals surface area contributed by atoms with Crippen LogP contribution in [0.2, 0.25) is 0 Å². The van der Waals surface area contributed by atoms with Crippen molar-refractivity contribution in [1.29, 1.82) is 0 Å². The van der Waals surface area contributed by atoms with E-state index in [-0.39, 0.29) is 0 Å². The summed E-state index contributed by atoms with van der Waals surface area (Å²) < 4.78 is 2.04. The van der Waals surface area contributed by atoms with Crippen molar-refractivity contribution in [2.24, 2.45) is 5.84 Å². The first-order valence-corrected chi connectivity index (χ1v) is 4.80. The quantitative estimate of drug-likeness (QED) is 0.514. The van der Waals surface area contributed by atoms with Crippen molar-refractivity contribution in [3.8, 4) is 0 Å². The normalized spacial score (nSPS) is 10.7. The zero-order chi connectivity index (χ0) is 9.68. The molecule has 0 aliphatic heterocycles. The number of hydrogen-bond donors (Lipinski definition) is 2. The van der Waals surface area contributed by atoms with Gasteiger partial charge < -0.3 is 0 Å². The third-order valence-electron chi connectivity index (χ3n) is 2.10. The Kier molecular flexibility index (Phi) is 3.92. The Morgan fingerprint density at radius 1 is 1.54 bits per heavy atom. The zero-order valence-corrected chi connectivity index (χ0v) is 8.38. The molecule has 0 saturated heterocycles. The van der Waals surface area contributed by atoms with Crippen LogP contribution in [0.25, 0.3) is 0 Å². The first-order valence-electron chi connectivity index (χ1n) is 4.80. The summed E-state index contributed by atoms with van der Waals surface area (Å²) in [6.45, 7) is 5.95. The largest absolute Gasteiger partial charge is 0.271 e. The molecule has 1 heterocycles. The Bertz CT molecular complexity index is 254. The van der Waals surface area contributed by atoms with Gasteiger partial charge in [-0.15, -0.1) is 0 Å². The summed E-state index contributed by atoms with van der Waals surface area (Å²) in [6.07, 6.45) is 1.94. The minimum atomic E-state index is 0.800. The number of rotatable bonds is 5. The fraction of sp³-hybridized carbons (Fsp3) is 0.667. The second-order valence-electron chi connectivity index (χ2n) is 3.00. The first kappa shape index (κ1) is 10.2. The van der Waals surface area contributed by atoms with Crippen molar-refractivity contribution in [2.45, 2.75) is 33.2 Å². The van der Waals surface area contributed by atoms with E-state index in [1.165, 1.54) is 5.69 Å². The molecule has 0 aliphatic rings. The van der Waals surface area contributed by atoms with Gasteiger partial charge in [-0.3, -0.25) is 16.0 Å². The fourth-order valence-electron chi connectivity index (χ4n) is 1.36. The van der Waals surface area contributed by atoms with Gasteiger partial charge in [0.05, 0.1) is 5.69 Å². The number of aromatic nitrogens is 2. The predicted octanol–water partition coefficient (Wildman–Crippen LogP) is 0.471. The molecule has 74 valence electrons. The first-order chi connectivity index (χ1) is 6.31. The predicted molar refractivity (Wildman–Crippen MR) is 53.2 cm³/mol. The lowest BCUT2D eigenvalue weighted by atomic mass is 10.2. The molecule has 0 saturated carbocycles. The Morgan fingerprint density at radius 3 is 2.85 bits per heavy atom. The lowest BCUT2D eigenvalue weighted by Crippen LogP contribution is -2.25. The lowest BCUT2D eigenvalue weighted by molar-refractivity contribution is 0.598. The van der Waals surface area contributed by atoms with E-state index in [1.54, 1.807) is 0 Å². The molecular weight excluding hydrogens is 164 g/mol. The standard InChI is InChI=1S/C9H18N4/c1-3-8-7-9(5-6-11-10)13(4-2)12-8/h7,11H,3-6,10H2,1-2H3. The van der Waals surface area contributed by atoms with Gasteiger partial charge in [-0.05, 0) is 19.4 Å². The molecule has 0 atom stereocenters. The van der Waals surface area contributed by atoms with Gasteiger partial charge in [0, 0.05) is 25.2 Å². The average molecular weight is 182 g/mol. The summed E-state index contributed by atoms with van der Waals surface area (Å²) in [5, 5.41) is 4.45. The zero-order valence-electron chi connectivity index (χ0n) is 8.38. The molecule has 0 fully saturated rings. The molecule has 1 aromatic heterocycles. The molecular formula is C9H18N4. The molecule has 0 bridgehead atoms. The van der Waals surface area contributed by atoms with Gasteiger partial charge in [-0.25, -0.2) is 0 Å². The monoisotopic (exact) mass is 182 g/mol. The fourth-order valence-corrected chi connectivity index (χ4v) is 1.36. The van der Waals surface area contributed by atoms with Gasteiger partial charge in [-0.2, -0.15) is 5.10 Å². The van der Waals surface area contributed by atoms with E-state index < -0.39 is 0 Å². The van der Waals surface area contributed by atoms with Crippen LogP contribution in [0.15, 0.2) is 6.07 Å². The molecule has 4 heteroatoms. The molecule has 0 amide bonds. The van der Waals surface area contributed by atoms with E-state index in [9.17, 15) is 0 Å². The van der Waals surface area contributed by atoms with Crippen LogP contribution in [0.1, 0.15) is 25.2 Å². The Hall–Kier alpha value is -0.870. The van der Waals surface area contributed by atoms with Crippen molar-refractivity contribution < 1.29 is 0 Å². The van der Waals surface area contributed by atoms with E-state index >= 15 is 0 Å². The maximum atomic E-state index is 5.23. The minimum absolute atomic E-state index is 0.800. The molecule has 0 unspecified atom stereocenters. The second-order valence-corrected chi connectivity index (χ2v) is 3.00. The van der Waals surface area contributed by atoms with Gasteiger partial charge in [0.25, 0.3) is 0 Å². The number of nitrogens with two attached hydrogens (primary N) is 1. The molecule has 0 aromatic carbocycles. The molecule has 13 heavy (non-hydrogen) atoms. The van der Waals surface area contributed by atoms with Crippen molar-refractivity contribution in [3.05, 3.63) is 17.5 Å². The number of nitrogens with zero attached hydrogens (tertiary/aromatic N) is 2. The van der Waals surface area contributed by atoms with E-state index in [0.29, 0.717) is 0 Å². The summed E-state index contributed by atoms with van der Waals surface area (Å²) in [5.41, 5.74) is 5.08. The molecule has 4 nitrogen and oxygen atoms in total. The average Bonchev–Trinajstić information content (AvgIpc) is 2.57. The molecule has 0 radical (unpaired) electrons. The topological polar surface area (TPSA) is 55.9 Å². The minimum Gasteiger partial charge on any atom is -0.271 e. The van der Waals surface area contributed by atoms with Crippen LogP contribution < -0.4 is 11.3 Å². The Balaban J connectivity index is 2.71. The second kappa shape index (κ2) is 4.99. The van der Waals surface area contributed by atoms with E-state index in [4.69, 9.17) is 5.84 Å². The van der Waals surface area contributed by atoms with Crippen LogP contribution >= 0.6 is 0 Å². The number of nitrogens with one attached hydrogen (secondary N) is 1. The van der Waals surface area contributed by atoms with Crippen molar-refractivity contribution >= 4 is 0 Å². The van der Waals surface area contributed by atoms with Gasteiger partial charge in [-0.1, -0.05) is 6.92 Å². The molecule has 1 aromatic rings. The summed E-state index contributed by atoms with van der Waals surface area (Å²) in [7, 11) is 0. The highest BCUT2D eigenvalue weighted by Gasteiger charge is 2.03. The van der Waals surface area contributed by atoms with Crippen LogP contribution in [-0.4, -0.2) is 16.3 Å². The maximum Gasteiger partial charge on any atom is 0.0624 e. The van der Waals surface area contributed by atoms with Gasteiger partial charge in [0.1, 0.15) is 0 Å². The lowest BCUT2D eigenvalue weighted by Gasteiger charge is -2.02. The van der Waals surface area contributed by atoms with Crippen LogP contribution in [0, 0.1) is 0 Å². The highest BCUT2D eigenvalue weighted by molar-refractivity contribution is 5.10. The third kappa shape index (κ3) is 2.54. The van der Waals surface area contributed by atoms with Crippen molar-refractivity contribution in [1.82, 2.24) is 15.2 Å². The van der Waals surface area contributed by atoms with Gasteiger partial charge in [0.2, 0.25) is 0 Å². The summed E-state index contributed by atoms with van der Waals surface area (Å²) in [6, 6.07) is 2.15. The van der Waals surface area contributed by atoms with E-state index in [0.717, 1.165) is 31.6 Å². The van der Waals surface area contributed by atoms with Crippen molar-refractivity contribution in [2.75, 3.05) is 6.54 Å². The van der Waals surface area contributed by atoms with Crippen LogP contribution in [0.5, 0.6) is 0 Å². The molecule has 0 aliphatic carbocycles. The van der Waals surface area contributed by atoms with Crippen molar-refractivity contribution in [3.63, 3.8) is 0 Å². The molecule has 1 rings (SSSR count). The van der Waals surface area contributed by atoms with E-state index in [2.05, 4.69) is 30.4 Å². The summed E-state index contributed by atoms with van der Waals surface area (Å²) in [5.74, 6) is 5.23. The number of aryl methyl sites for hydroxylation is 2. The van der Waals surface area contributed by atoms with Crippen LogP contribution in [0.4, 0.5) is 0 Å². The maximum absolute atomic E-state index is 5.23. The highest BCUT2D eigenvalue weighted by Crippen LogP contribution is 2.05.